The molecule has 4 aliphatic rings. The van der Waals surface area contributed by atoms with E-state index in [1.54, 1.807) is 0 Å². The van der Waals surface area contributed by atoms with Crippen LogP contribution in [-0.2, 0) is 8.98 Å². The first-order valence-electron chi connectivity index (χ1n) is 12.1. The van der Waals surface area contributed by atoms with Gasteiger partial charge in [0.1, 0.15) is 0 Å². The van der Waals surface area contributed by atoms with Crippen LogP contribution in [0.25, 0.3) is 0 Å². The highest BCUT2D eigenvalue weighted by molar-refractivity contribution is 14.1. The van der Waals surface area contributed by atoms with Gasteiger partial charge in [0.2, 0.25) is 0 Å². The molecule has 0 heterocycles. The van der Waals surface area contributed by atoms with Gasteiger partial charge in [-0.1, -0.05) is 18.2 Å². The highest BCUT2D eigenvalue weighted by Crippen LogP contribution is 2.71. The third kappa shape index (κ3) is 4.03. The van der Waals surface area contributed by atoms with E-state index in [1.165, 1.54) is 26.4 Å². The third-order valence-corrected chi connectivity index (χ3v) is 12.7. The maximum Gasteiger partial charge on any atom is 0.323 e. The second kappa shape index (κ2) is 9.11. The normalized spacial score (nSPS) is 28.0. The zero-order valence-corrected chi connectivity index (χ0v) is 24.1. The van der Waals surface area contributed by atoms with Crippen LogP contribution >= 0.6 is 55.5 Å². The minimum atomic E-state index is -2.22. The molecular formula is C29H28I2O2S. The van der Waals surface area contributed by atoms with E-state index < -0.39 is 10.3 Å². The lowest BCUT2D eigenvalue weighted by atomic mass is 9.49. The number of carbonyl (C=O) groups is 1. The Morgan fingerprint density at radius 2 is 1.09 bits per heavy atom. The minimum Gasteiger partial charge on any atom is -0.402 e. The fourth-order valence-electron chi connectivity index (χ4n) is 6.98. The molecule has 4 bridgehead atoms. The molecule has 4 fully saturated rings. The van der Waals surface area contributed by atoms with Gasteiger partial charge in [-0.3, -0.25) is 4.79 Å². The molecule has 0 aromatic heterocycles. The van der Waals surface area contributed by atoms with Gasteiger partial charge in [0.25, 0.3) is 0 Å². The van der Waals surface area contributed by atoms with E-state index >= 15 is 0 Å². The Kier molecular flexibility index (Phi) is 6.25. The van der Waals surface area contributed by atoms with Gasteiger partial charge in [0.05, 0.1) is 5.41 Å². The molecule has 0 saturated heterocycles. The second-order valence-electron chi connectivity index (χ2n) is 10.3. The summed E-state index contributed by atoms with van der Waals surface area (Å²) >= 11 is 4.69. The molecule has 3 aromatic carbocycles. The predicted octanol–water partition coefficient (Wildman–Crippen LogP) is 8.85. The summed E-state index contributed by atoms with van der Waals surface area (Å²) in [5, 5.41) is 0. The number of rotatable bonds is 5. The van der Waals surface area contributed by atoms with Crippen molar-refractivity contribution in [3.05, 3.63) is 86.0 Å². The Labute approximate surface area is 231 Å². The van der Waals surface area contributed by atoms with Gasteiger partial charge in [-0.05, 0) is 172 Å². The SMILES string of the molecule is O=C(OS(c1ccccc1)(c1ccc(I)cc1)c1ccc(I)cc1)C12CC3CC(CC(C3)C1)C2. The van der Waals surface area contributed by atoms with Crippen molar-refractivity contribution in [1.29, 1.82) is 0 Å². The largest absolute Gasteiger partial charge is 0.402 e. The number of halogens is 2. The molecule has 0 N–H and O–H groups in total. The molecule has 4 aliphatic carbocycles. The zero-order valence-electron chi connectivity index (χ0n) is 19.0. The summed E-state index contributed by atoms with van der Waals surface area (Å²) in [6, 6.07) is 27.6. The number of hydrogen-bond acceptors (Lipinski definition) is 2. The maximum absolute atomic E-state index is 14.4. The molecule has 0 atom stereocenters. The first-order chi connectivity index (χ1) is 16.5. The molecule has 5 heteroatoms. The first-order valence-corrected chi connectivity index (χ1v) is 15.8. The lowest BCUT2D eigenvalue weighted by molar-refractivity contribution is -0.160. The molecule has 0 spiro atoms. The number of hydrogen-bond donors (Lipinski definition) is 0. The monoisotopic (exact) mass is 694 g/mol. The van der Waals surface area contributed by atoms with E-state index in [9.17, 15) is 4.79 Å². The Bertz CT molecular complexity index is 1110. The molecule has 4 saturated carbocycles. The van der Waals surface area contributed by atoms with Gasteiger partial charge in [-0.25, -0.2) is 0 Å². The van der Waals surface area contributed by atoms with Gasteiger partial charge in [-0.15, -0.1) is 0 Å². The van der Waals surface area contributed by atoms with Crippen LogP contribution in [0.4, 0.5) is 0 Å². The highest BCUT2D eigenvalue weighted by atomic mass is 127. The van der Waals surface area contributed by atoms with Gasteiger partial charge < -0.3 is 4.18 Å². The van der Waals surface area contributed by atoms with Crippen LogP contribution in [0.2, 0.25) is 0 Å². The van der Waals surface area contributed by atoms with Crippen molar-refractivity contribution in [2.75, 3.05) is 0 Å². The van der Waals surface area contributed by atoms with Crippen LogP contribution in [-0.4, -0.2) is 5.97 Å². The Hall–Kier alpha value is -1.06. The van der Waals surface area contributed by atoms with Crippen molar-refractivity contribution in [2.45, 2.75) is 53.2 Å². The van der Waals surface area contributed by atoms with E-state index in [4.69, 9.17) is 4.18 Å². The number of benzene rings is 3. The average molecular weight is 694 g/mol. The van der Waals surface area contributed by atoms with E-state index in [0.717, 1.165) is 33.9 Å². The van der Waals surface area contributed by atoms with Crippen molar-refractivity contribution < 1.29 is 8.98 Å². The molecule has 0 radical (unpaired) electrons. The Morgan fingerprint density at radius 1 is 0.676 bits per heavy atom. The van der Waals surface area contributed by atoms with Gasteiger partial charge in [-0.2, -0.15) is 0 Å². The van der Waals surface area contributed by atoms with Crippen molar-refractivity contribution in [3.63, 3.8) is 0 Å². The zero-order chi connectivity index (χ0) is 23.3. The lowest BCUT2D eigenvalue weighted by Crippen LogP contribution is -2.50. The lowest BCUT2D eigenvalue weighted by Gasteiger charge is -2.56. The van der Waals surface area contributed by atoms with Crippen LogP contribution < -0.4 is 0 Å². The van der Waals surface area contributed by atoms with Crippen molar-refractivity contribution in [1.82, 2.24) is 0 Å². The number of carbonyl (C=O) groups excluding carboxylic acids is 1. The molecule has 0 amide bonds. The molecule has 0 aliphatic heterocycles. The quantitative estimate of drug-likeness (QED) is 0.250. The van der Waals surface area contributed by atoms with Crippen molar-refractivity contribution >= 4 is 61.5 Å². The van der Waals surface area contributed by atoms with Gasteiger partial charge in [0, 0.05) is 21.8 Å². The Morgan fingerprint density at radius 3 is 1.53 bits per heavy atom. The van der Waals surface area contributed by atoms with Crippen LogP contribution in [0.1, 0.15) is 38.5 Å². The first kappa shape index (κ1) is 23.3. The van der Waals surface area contributed by atoms with Gasteiger partial charge in [0.15, 0.2) is 0 Å². The van der Waals surface area contributed by atoms with Crippen LogP contribution in [0, 0.1) is 30.3 Å². The fraction of sp³-hybridized carbons (Fsp3) is 0.345. The third-order valence-electron chi connectivity index (χ3n) is 8.04. The second-order valence-corrected chi connectivity index (χ2v) is 15.5. The van der Waals surface area contributed by atoms with Crippen molar-refractivity contribution in [3.8, 4) is 0 Å². The summed E-state index contributed by atoms with van der Waals surface area (Å²) in [4.78, 5) is 17.6. The van der Waals surface area contributed by atoms with E-state index in [0.29, 0.717) is 17.8 Å². The van der Waals surface area contributed by atoms with Gasteiger partial charge >= 0.3 is 5.97 Å². The summed E-state index contributed by atoms with van der Waals surface area (Å²) in [7, 11) is -2.22. The Balaban J connectivity index is 1.51. The summed E-state index contributed by atoms with van der Waals surface area (Å²) < 4.78 is 9.36. The molecule has 0 unspecified atom stereocenters. The topological polar surface area (TPSA) is 26.3 Å². The van der Waals surface area contributed by atoms with E-state index in [1.807, 2.05) is 6.07 Å². The maximum atomic E-state index is 14.4. The van der Waals surface area contributed by atoms with Crippen LogP contribution in [0.5, 0.6) is 0 Å². The molecule has 2 nitrogen and oxygen atoms in total. The van der Waals surface area contributed by atoms with E-state index in [2.05, 4.69) is 118 Å². The predicted molar refractivity (Wildman–Crippen MR) is 154 cm³/mol. The van der Waals surface area contributed by atoms with Crippen LogP contribution in [0.3, 0.4) is 0 Å². The average Bonchev–Trinajstić information content (AvgIpc) is 2.83. The minimum absolute atomic E-state index is 0.0440. The summed E-state index contributed by atoms with van der Waals surface area (Å²) in [6.45, 7) is 0. The summed E-state index contributed by atoms with van der Waals surface area (Å²) in [5.74, 6) is 2.16. The smallest absolute Gasteiger partial charge is 0.323 e. The molecular weight excluding hydrogens is 666 g/mol. The summed E-state index contributed by atoms with van der Waals surface area (Å²) in [6.07, 6.45) is 7.00. The molecule has 176 valence electrons. The molecule has 3 aromatic rings. The van der Waals surface area contributed by atoms with E-state index in [-0.39, 0.29) is 11.4 Å². The molecule has 34 heavy (non-hydrogen) atoms. The van der Waals surface area contributed by atoms with Crippen LogP contribution in [0.15, 0.2) is 93.5 Å². The van der Waals surface area contributed by atoms with Crippen molar-refractivity contribution in [2.24, 2.45) is 23.2 Å². The fourth-order valence-corrected chi connectivity index (χ4v) is 10.8. The molecule has 7 rings (SSSR count). The standard InChI is InChI=1S/C29H28I2O2S/c30-23-6-10-26(11-7-23)34(25-4-2-1-3-5-25,27-12-8-24(31)9-13-27)33-28(32)29-17-20-14-21(18-29)16-22(15-20)19-29/h1-13,20-22H,14-19H2. The highest BCUT2D eigenvalue weighted by Gasteiger charge is 2.57. The summed E-state index contributed by atoms with van der Waals surface area (Å²) in [5.41, 5.74) is -0.297.